The lowest BCUT2D eigenvalue weighted by Gasteiger charge is -2.36. The number of ether oxygens (including phenoxy) is 1. The van der Waals surface area contributed by atoms with E-state index in [0.717, 1.165) is 38.2 Å². The van der Waals surface area contributed by atoms with Crippen molar-refractivity contribution in [1.82, 2.24) is 9.80 Å². The molecule has 3 fully saturated rings. The number of hydrogen-bond acceptors (Lipinski definition) is 4. The molecule has 0 saturated carbocycles. The molecule has 0 bridgehead atoms. The van der Waals surface area contributed by atoms with Crippen LogP contribution in [0.25, 0.3) is 0 Å². The Bertz CT molecular complexity index is 513. The summed E-state index contributed by atoms with van der Waals surface area (Å²) in [5, 5.41) is 3.94. The first-order valence-corrected chi connectivity index (χ1v) is 9.41. The summed E-state index contributed by atoms with van der Waals surface area (Å²) in [5.41, 5.74) is 0.846. The van der Waals surface area contributed by atoms with Gasteiger partial charge in [-0.25, -0.2) is 0 Å². The minimum atomic E-state index is 0.200. The maximum atomic E-state index is 12.6. The summed E-state index contributed by atoms with van der Waals surface area (Å²) < 4.78 is 6.10. The first-order chi connectivity index (χ1) is 10.8. The standard InChI is InChI=1S/C17H24N2O2S/c20-17(14-4-8-22-12-14)19-7-3-13-11-21-16(15(13)9-19)10-18-5-1-2-6-18/h4,8,12-13,15-16H,1-3,5-7,9-11H2/t13-,15-,16+/m1/s1. The molecule has 3 saturated heterocycles. The van der Waals surface area contributed by atoms with Gasteiger partial charge in [-0.2, -0.15) is 11.3 Å². The van der Waals surface area contributed by atoms with Gasteiger partial charge in [0.1, 0.15) is 0 Å². The van der Waals surface area contributed by atoms with Crippen molar-refractivity contribution in [2.45, 2.75) is 25.4 Å². The van der Waals surface area contributed by atoms with E-state index in [4.69, 9.17) is 4.74 Å². The van der Waals surface area contributed by atoms with Gasteiger partial charge in [-0.15, -0.1) is 0 Å². The molecule has 0 aromatic carbocycles. The van der Waals surface area contributed by atoms with Gasteiger partial charge in [0.2, 0.25) is 0 Å². The highest BCUT2D eigenvalue weighted by Gasteiger charge is 2.42. The topological polar surface area (TPSA) is 32.8 Å². The maximum absolute atomic E-state index is 12.6. The number of rotatable bonds is 3. The third-order valence-corrected chi connectivity index (χ3v) is 6.18. The monoisotopic (exact) mass is 320 g/mol. The molecular weight excluding hydrogens is 296 g/mol. The van der Waals surface area contributed by atoms with Crippen LogP contribution in [0.1, 0.15) is 29.6 Å². The normalized spacial score (nSPS) is 32.4. The lowest BCUT2D eigenvalue weighted by atomic mass is 9.84. The second kappa shape index (κ2) is 6.30. The number of amides is 1. The summed E-state index contributed by atoms with van der Waals surface area (Å²) in [6.07, 6.45) is 4.06. The Kier molecular flexibility index (Phi) is 4.20. The average Bonchev–Trinajstić information content (AvgIpc) is 3.29. The summed E-state index contributed by atoms with van der Waals surface area (Å²) in [5.74, 6) is 1.38. The Morgan fingerprint density at radius 1 is 1.32 bits per heavy atom. The van der Waals surface area contributed by atoms with Gasteiger partial charge in [0.05, 0.1) is 18.3 Å². The van der Waals surface area contributed by atoms with Crippen LogP contribution in [0, 0.1) is 11.8 Å². The zero-order chi connectivity index (χ0) is 14.9. The summed E-state index contributed by atoms with van der Waals surface area (Å²) in [6, 6.07) is 1.94. The van der Waals surface area contributed by atoms with E-state index in [0.29, 0.717) is 17.9 Å². The van der Waals surface area contributed by atoms with Gasteiger partial charge in [0, 0.05) is 30.9 Å². The van der Waals surface area contributed by atoms with Crippen LogP contribution in [0.3, 0.4) is 0 Å². The fourth-order valence-corrected chi connectivity index (χ4v) is 4.82. The summed E-state index contributed by atoms with van der Waals surface area (Å²) >= 11 is 1.59. The van der Waals surface area contributed by atoms with E-state index in [1.165, 1.54) is 25.9 Å². The molecule has 1 aromatic rings. The number of likely N-dealkylation sites (tertiary alicyclic amines) is 2. The van der Waals surface area contributed by atoms with Gasteiger partial charge in [-0.3, -0.25) is 4.79 Å². The van der Waals surface area contributed by atoms with E-state index >= 15 is 0 Å². The highest BCUT2D eigenvalue weighted by atomic mass is 32.1. The molecule has 1 aromatic heterocycles. The maximum Gasteiger partial charge on any atom is 0.254 e. The van der Waals surface area contributed by atoms with Gasteiger partial charge in [0.15, 0.2) is 0 Å². The lowest BCUT2D eigenvalue weighted by molar-refractivity contribution is 0.0436. The van der Waals surface area contributed by atoms with Crippen LogP contribution in [0.4, 0.5) is 0 Å². The molecule has 0 radical (unpaired) electrons. The molecule has 5 heteroatoms. The zero-order valence-electron chi connectivity index (χ0n) is 12.9. The predicted octanol–water partition coefficient (Wildman–Crippen LogP) is 2.32. The van der Waals surface area contributed by atoms with Crippen molar-refractivity contribution in [3.8, 4) is 0 Å². The van der Waals surface area contributed by atoms with Crippen molar-refractivity contribution >= 4 is 17.2 Å². The third-order valence-electron chi connectivity index (χ3n) is 5.50. The number of piperidine rings is 1. The molecule has 3 aliphatic rings. The van der Waals surface area contributed by atoms with Crippen LogP contribution in [-0.4, -0.2) is 61.1 Å². The fourth-order valence-electron chi connectivity index (χ4n) is 4.19. The molecule has 0 unspecified atom stereocenters. The summed E-state index contributed by atoms with van der Waals surface area (Å²) in [6.45, 7) is 6.14. The highest BCUT2D eigenvalue weighted by molar-refractivity contribution is 7.08. The van der Waals surface area contributed by atoms with Crippen molar-refractivity contribution in [3.05, 3.63) is 22.4 Å². The van der Waals surface area contributed by atoms with Crippen LogP contribution < -0.4 is 0 Å². The average molecular weight is 320 g/mol. The number of fused-ring (bicyclic) bond motifs is 1. The number of nitrogens with zero attached hydrogens (tertiary/aromatic N) is 2. The van der Waals surface area contributed by atoms with Crippen LogP contribution >= 0.6 is 11.3 Å². The molecule has 0 N–H and O–H groups in total. The first-order valence-electron chi connectivity index (χ1n) is 8.46. The van der Waals surface area contributed by atoms with E-state index in [9.17, 15) is 4.79 Å². The van der Waals surface area contributed by atoms with Crippen LogP contribution in [0.15, 0.2) is 16.8 Å². The van der Waals surface area contributed by atoms with Crippen molar-refractivity contribution in [1.29, 1.82) is 0 Å². The second-order valence-corrected chi connectivity index (χ2v) is 7.64. The van der Waals surface area contributed by atoms with E-state index in [1.807, 2.05) is 16.8 Å². The van der Waals surface area contributed by atoms with E-state index in [-0.39, 0.29) is 5.91 Å². The molecule has 120 valence electrons. The highest BCUT2D eigenvalue weighted by Crippen LogP contribution is 2.35. The number of thiophene rings is 1. The number of carbonyl (C=O) groups is 1. The molecule has 4 heterocycles. The second-order valence-electron chi connectivity index (χ2n) is 6.86. The third kappa shape index (κ3) is 2.82. The molecule has 3 aliphatic heterocycles. The number of hydrogen-bond donors (Lipinski definition) is 0. The predicted molar refractivity (Wildman–Crippen MR) is 87.2 cm³/mol. The minimum absolute atomic E-state index is 0.200. The van der Waals surface area contributed by atoms with Crippen molar-refractivity contribution in [2.75, 3.05) is 39.3 Å². The smallest absolute Gasteiger partial charge is 0.254 e. The van der Waals surface area contributed by atoms with Crippen molar-refractivity contribution in [3.63, 3.8) is 0 Å². The van der Waals surface area contributed by atoms with Gasteiger partial charge in [0.25, 0.3) is 5.91 Å². The SMILES string of the molecule is O=C(c1ccsc1)N1CC[C@@H]2CO[C@@H](CN3CCCC3)[C@@H]2C1. The molecule has 4 rings (SSSR count). The van der Waals surface area contributed by atoms with E-state index in [2.05, 4.69) is 9.80 Å². The van der Waals surface area contributed by atoms with Crippen LogP contribution in [0.5, 0.6) is 0 Å². The lowest BCUT2D eigenvalue weighted by Crippen LogP contribution is -2.47. The Morgan fingerprint density at radius 2 is 2.18 bits per heavy atom. The van der Waals surface area contributed by atoms with Crippen LogP contribution in [0.2, 0.25) is 0 Å². The fraction of sp³-hybridized carbons (Fsp3) is 0.706. The van der Waals surface area contributed by atoms with E-state index < -0.39 is 0 Å². The van der Waals surface area contributed by atoms with Gasteiger partial charge >= 0.3 is 0 Å². The molecular formula is C17H24N2O2S. The molecule has 3 atom stereocenters. The molecule has 0 aliphatic carbocycles. The Labute approximate surface area is 136 Å². The summed E-state index contributed by atoms with van der Waals surface area (Å²) in [7, 11) is 0. The Hall–Kier alpha value is -0.910. The van der Waals surface area contributed by atoms with Crippen molar-refractivity contribution in [2.24, 2.45) is 11.8 Å². The minimum Gasteiger partial charge on any atom is -0.376 e. The van der Waals surface area contributed by atoms with Crippen molar-refractivity contribution < 1.29 is 9.53 Å². The van der Waals surface area contributed by atoms with Crippen LogP contribution in [-0.2, 0) is 4.74 Å². The molecule has 1 amide bonds. The Balaban J connectivity index is 1.41. The number of carbonyl (C=O) groups excluding carboxylic acids is 1. The van der Waals surface area contributed by atoms with Gasteiger partial charge < -0.3 is 14.5 Å². The van der Waals surface area contributed by atoms with Gasteiger partial charge in [-0.05, 0) is 49.7 Å². The Morgan fingerprint density at radius 3 is 2.95 bits per heavy atom. The molecule has 22 heavy (non-hydrogen) atoms. The quantitative estimate of drug-likeness (QED) is 0.857. The summed E-state index contributed by atoms with van der Waals surface area (Å²) in [4.78, 5) is 17.2. The molecule has 4 nitrogen and oxygen atoms in total. The van der Waals surface area contributed by atoms with Gasteiger partial charge in [-0.1, -0.05) is 0 Å². The van der Waals surface area contributed by atoms with E-state index in [1.54, 1.807) is 11.3 Å². The largest absolute Gasteiger partial charge is 0.376 e. The zero-order valence-corrected chi connectivity index (χ0v) is 13.8. The first kappa shape index (κ1) is 14.7. The molecule has 0 spiro atoms.